The van der Waals surface area contributed by atoms with Crippen LogP contribution in [-0.2, 0) is 10.8 Å². The van der Waals surface area contributed by atoms with E-state index in [9.17, 15) is 9.90 Å². The van der Waals surface area contributed by atoms with Gasteiger partial charge in [-0.3, -0.25) is 4.79 Å². The highest BCUT2D eigenvalue weighted by atomic mass is 16.5. The summed E-state index contributed by atoms with van der Waals surface area (Å²) in [4.78, 5) is 12.8. The SMILES string of the molecule is CCC(C)(C)c1cc(C(C)(C)CC)c(OC(C)C)c(/C=C/C(=O)c2ccc(N)cc2)c1O. The molecule has 0 aliphatic heterocycles. The number of aromatic hydroxyl groups is 1. The van der Waals surface area contributed by atoms with Crippen LogP contribution in [0, 0.1) is 0 Å². The minimum absolute atomic E-state index is 0.0780. The predicted octanol–water partition coefficient (Wildman–Crippen LogP) is 7.03. The monoisotopic (exact) mass is 437 g/mol. The van der Waals surface area contributed by atoms with Gasteiger partial charge in [0.1, 0.15) is 11.5 Å². The zero-order chi connectivity index (χ0) is 24.3. The molecule has 0 amide bonds. The normalized spacial score (nSPS) is 12.5. The van der Waals surface area contributed by atoms with Crippen LogP contribution in [0.25, 0.3) is 6.08 Å². The highest BCUT2D eigenvalue weighted by Crippen LogP contribution is 2.47. The summed E-state index contributed by atoms with van der Waals surface area (Å²) in [5.74, 6) is 0.655. The maximum Gasteiger partial charge on any atom is 0.185 e. The number of phenols is 1. The molecule has 0 spiro atoms. The molecule has 2 aromatic carbocycles. The van der Waals surface area contributed by atoms with E-state index in [1.807, 2.05) is 13.8 Å². The van der Waals surface area contributed by atoms with Crippen molar-refractivity contribution in [2.75, 3.05) is 5.73 Å². The Morgan fingerprint density at radius 2 is 1.56 bits per heavy atom. The molecular weight excluding hydrogens is 398 g/mol. The average Bonchev–Trinajstić information content (AvgIpc) is 2.73. The molecule has 0 aliphatic rings. The van der Waals surface area contributed by atoms with E-state index in [1.165, 1.54) is 6.08 Å². The van der Waals surface area contributed by atoms with Crippen molar-refractivity contribution in [3.8, 4) is 11.5 Å². The van der Waals surface area contributed by atoms with Crippen LogP contribution in [0.4, 0.5) is 5.69 Å². The van der Waals surface area contributed by atoms with E-state index in [4.69, 9.17) is 10.5 Å². The Balaban J connectivity index is 2.76. The summed E-state index contributed by atoms with van der Waals surface area (Å²) < 4.78 is 6.26. The molecule has 0 saturated heterocycles. The predicted molar refractivity (Wildman–Crippen MR) is 135 cm³/mol. The Labute approximate surface area is 193 Å². The Morgan fingerprint density at radius 1 is 1.03 bits per heavy atom. The van der Waals surface area contributed by atoms with Gasteiger partial charge in [-0.25, -0.2) is 0 Å². The van der Waals surface area contributed by atoms with Crippen molar-refractivity contribution in [3.05, 3.63) is 58.7 Å². The fourth-order valence-corrected chi connectivity index (χ4v) is 3.50. The van der Waals surface area contributed by atoms with Gasteiger partial charge >= 0.3 is 0 Å². The molecule has 0 aromatic heterocycles. The molecular formula is C28H39NO3. The van der Waals surface area contributed by atoms with Crippen molar-refractivity contribution in [3.63, 3.8) is 0 Å². The molecule has 32 heavy (non-hydrogen) atoms. The number of nitrogen functional groups attached to an aromatic ring is 1. The molecule has 2 rings (SSSR count). The number of rotatable bonds is 9. The van der Waals surface area contributed by atoms with Gasteiger partial charge in [-0.2, -0.15) is 0 Å². The van der Waals surface area contributed by atoms with Gasteiger partial charge < -0.3 is 15.6 Å². The van der Waals surface area contributed by atoms with Gasteiger partial charge in [0.15, 0.2) is 5.78 Å². The highest BCUT2D eigenvalue weighted by Gasteiger charge is 2.32. The van der Waals surface area contributed by atoms with Crippen LogP contribution in [0.2, 0.25) is 0 Å². The molecule has 3 N–H and O–H groups in total. The highest BCUT2D eigenvalue weighted by molar-refractivity contribution is 6.07. The van der Waals surface area contributed by atoms with Crippen molar-refractivity contribution in [2.45, 2.75) is 85.2 Å². The van der Waals surface area contributed by atoms with Crippen molar-refractivity contribution in [1.82, 2.24) is 0 Å². The molecule has 2 aromatic rings. The number of carbonyl (C=O) groups is 1. The Kier molecular flexibility index (Phi) is 7.82. The third-order valence-electron chi connectivity index (χ3n) is 6.46. The van der Waals surface area contributed by atoms with Crippen LogP contribution >= 0.6 is 0 Å². The molecule has 4 heteroatoms. The Morgan fingerprint density at radius 3 is 2.06 bits per heavy atom. The summed E-state index contributed by atoms with van der Waals surface area (Å²) in [7, 11) is 0. The lowest BCUT2D eigenvalue weighted by Gasteiger charge is -2.33. The second-order valence-electron chi connectivity index (χ2n) is 10.0. The first kappa shape index (κ1) is 25.5. The molecule has 0 saturated carbocycles. The van der Waals surface area contributed by atoms with E-state index in [0.29, 0.717) is 22.6 Å². The first-order chi connectivity index (χ1) is 14.8. The standard InChI is InChI=1S/C28H39NO3/c1-9-27(5,6)22-17-23(28(7,8)10-2)26(32-18(3)4)21(25(22)31)15-16-24(30)19-11-13-20(29)14-12-19/h11-18,31H,9-10,29H2,1-8H3/b16-15+. The molecule has 174 valence electrons. The van der Waals surface area contributed by atoms with Crippen LogP contribution in [0.5, 0.6) is 11.5 Å². The van der Waals surface area contributed by atoms with Gasteiger partial charge in [0, 0.05) is 22.4 Å². The van der Waals surface area contributed by atoms with E-state index >= 15 is 0 Å². The number of anilines is 1. The quantitative estimate of drug-likeness (QED) is 0.251. The lowest BCUT2D eigenvalue weighted by atomic mass is 9.74. The molecule has 0 heterocycles. The van der Waals surface area contributed by atoms with Crippen molar-refractivity contribution < 1.29 is 14.6 Å². The van der Waals surface area contributed by atoms with E-state index in [-0.39, 0.29) is 28.5 Å². The summed E-state index contributed by atoms with van der Waals surface area (Å²) in [6.07, 6.45) is 4.89. The first-order valence-corrected chi connectivity index (χ1v) is 11.5. The van der Waals surface area contributed by atoms with Crippen LogP contribution in [-0.4, -0.2) is 17.0 Å². The number of phenolic OH excluding ortho intramolecular Hbond substituents is 1. The minimum Gasteiger partial charge on any atom is -0.507 e. The van der Waals surface area contributed by atoms with E-state index in [0.717, 1.165) is 24.0 Å². The second-order valence-corrected chi connectivity index (χ2v) is 10.0. The smallest absolute Gasteiger partial charge is 0.185 e. The zero-order valence-corrected chi connectivity index (χ0v) is 20.9. The number of hydrogen-bond donors (Lipinski definition) is 2. The van der Waals surface area contributed by atoms with Crippen LogP contribution < -0.4 is 10.5 Å². The van der Waals surface area contributed by atoms with Crippen LogP contribution in [0.1, 0.15) is 95.3 Å². The Hall–Kier alpha value is -2.75. The van der Waals surface area contributed by atoms with Gasteiger partial charge in [0.25, 0.3) is 0 Å². The third kappa shape index (κ3) is 5.53. The van der Waals surface area contributed by atoms with E-state index < -0.39 is 0 Å². The summed E-state index contributed by atoms with van der Waals surface area (Å²) in [6, 6.07) is 8.92. The number of ketones is 1. The minimum atomic E-state index is -0.234. The van der Waals surface area contributed by atoms with Crippen molar-refractivity contribution in [2.24, 2.45) is 0 Å². The third-order valence-corrected chi connectivity index (χ3v) is 6.46. The molecule has 0 atom stereocenters. The van der Waals surface area contributed by atoms with Crippen LogP contribution in [0.15, 0.2) is 36.4 Å². The fraction of sp³-hybridized carbons (Fsp3) is 0.464. The Bertz CT molecular complexity index is 983. The lowest BCUT2D eigenvalue weighted by Crippen LogP contribution is -2.23. The van der Waals surface area contributed by atoms with Crippen molar-refractivity contribution >= 4 is 17.5 Å². The summed E-state index contributed by atoms with van der Waals surface area (Å²) in [5.41, 5.74) is 8.96. The fourth-order valence-electron chi connectivity index (χ4n) is 3.50. The van der Waals surface area contributed by atoms with Gasteiger partial charge in [0.05, 0.1) is 11.7 Å². The number of hydrogen-bond acceptors (Lipinski definition) is 4. The van der Waals surface area contributed by atoms with Crippen LogP contribution in [0.3, 0.4) is 0 Å². The molecule has 0 unspecified atom stereocenters. The average molecular weight is 438 g/mol. The molecule has 0 radical (unpaired) electrons. The van der Waals surface area contributed by atoms with Gasteiger partial charge in [-0.15, -0.1) is 0 Å². The number of nitrogens with two attached hydrogens (primary N) is 1. The zero-order valence-electron chi connectivity index (χ0n) is 20.9. The van der Waals surface area contributed by atoms with Gasteiger partial charge in [-0.05, 0) is 80.0 Å². The number of allylic oxidation sites excluding steroid dienone is 1. The second kappa shape index (κ2) is 9.81. The summed E-state index contributed by atoms with van der Waals surface area (Å²) in [6.45, 7) is 16.8. The molecule has 0 aliphatic carbocycles. The maximum absolute atomic E-state index is 12.8. The topological polar surface area (TPSA) is 72.5 Å². The van der Waals surface area contributed by atoms with Gasteiger partial charge in [-0.1, -0.05) is 41.5 Å². The first-order valence-electron chi connectivity index (χ1n) is 11.5. The maximum atomic E-state index is 12.8. The number of benzene rings is 2. The number of carbonyl (C=O) groups excluding carboxylic acids is 1. The lowest BCUT2D eigenvalue weighted by molar-refractivity contribution is 0.104. The van der Waals surface area contributed by atoms with Crippen molar-refractivity contribution in [1.29, 1.82) is 0 Å². The van der Waals surface area contributed by atoms with E-state index in [2.05, 4.69) is 47.6 Å². The molecule has 0 fully saturated rings. The summed E-state index contributed by atoms with van der Waals surface area (Å²) >= 11 is 0. The van der Waals surface area contributed by atoms with Gasteiger partial charge in [0.2, 0.25) is 0 Å². The molecule has 4 nitrogen and oxygen atoms in total. The number of ether oxygens (including phenoxy) is 1. The largest absolute Gasteiger partial charge is 0.507 e. The summed E-state index contributed by atoms with van der Waals surface area (Å²) in [5, 5.41) is 11.4. The molecule has 0 bridgehead atoms. The van der Waals surface area contributed by atoms with E-state index in [1.54, 1.807) is 30.3 Å².